The summed E-state index contributed by atoms with van der Waals surface area (Å²) >= 11 is 0. The van der Waals surface area contributed by atoms with Crippen molar-refractivity contribution in [2.75, 3.05) is 0 Å². The van der Waals surface area contributed by atoms with Crippen LogP contribution in [0.5, 0.6) is 0 Å². The van der Waals surface area contributed by atoms with Crippen molar-refractivity contribution in [1.82, 2.24) is 0 Å². The molecule has 0 aromatic heterocycles. The predicted molar refractivity (Wildman–Crippen MR) is 16.7 cm³/mol. The molecule has 0 N–H and O–H groups in total. The number of alkyl halides is 3. The van der Waals surface area contributed by atoms with Crippen LogP contribution >= 0.6 is 0 Å². The van der Waals surface area contributed by atoms with Gasteiger partial charge in [0.15, 0.2) is 0 Å². The SMILES string of the molecule is [O-][N+]#CC(F)(F)F. The van der Waals surface area contributed by atoms with Crippen molar-refractivity contribution in [3.8, 4) is 6.07 Å². The molecule has 0 heterocycles. The third-order valence-corrected chi connectivity index (χ3v) is 0.172. The molecule has 0 spiro atoms. The molecule has 0 saturated heterocycles. The second-order valence-corrected chi connectivity index (χ2v) is 0.701. The zero-order chi connectivity index (χ0) is 5.91. The lowest BCUT2D eigenvalue weighted by Crippen LogP contribution is -2.00. The lowest BCUT2D eigenvalue weighted by molar-refractivity contribution is -0.0699. The van der Waals surface area contributed by atoms with Crippen LogP contribution in [-0.4, -0.2) is 6.18 Å². The molecule has 5 heteroatoms. The fourth-order valence-electron chi connectivity index (χ4n) is 0.0518. The summed E-state index contributed by atoms with van der Waals surface area (Å²) in [6, 6.07) is 0.354. The zero-order valence-corrected chi connectivity index (χ0v) is 2.99. The summed E-state index contributed by atoms with van der Waals surface area (Å²) in [5.74, 6) is 0. The Kier molecular flexibility index (Phi) is 1.47. The van der Waals surface area contributed by atoms with E-state index >= 15 is 0 Å². The monoisotopic (exact) mass is 111 g/mol. The van der Waals surface area contributed by atoms with Crippen LogP contribution in [0.4, 0.5) is 13.2 Å². The minimum absolute atomic E-state index is 0.354. The Morgan fingerprint density at radius 2 is 1.86 bits per heavy atom. The van der Waals surface area contributed by atoms with Crippen LogP contribution in [0.3, 0.4) is 0 Å². The summed E-state index contributed by atoms with van der Waals surface area (Å²) < 4.78 is 32.0. The van der Waals surface area contributed by atoms with Crippen LogP contribution in [0.2, 0.25) is 0 Å². The first kappa shape index (κ1) is 6.08. The molecule has 0 fully saturated rings. The van der Waals surface area contributed by atoms with Crippen molar-refractivity contribution in [3.05, 3.63) is 10.2 Å². The molecular weight excluding hydrogens is 111 g/mol. The summed E-state index contributed by atoms with van der Waals surface area (Å²) in [5.41, 5.74) is 0. The van der Waals surface area contributed by atoms with Crippen LogP contribution in [0.25, 0.3) is 5.01 Å². The zero-order valence-electron chi connectivity index (χ0n) is 2.99. The highest BCUT2D eigenvalue weighted by atomic mass is 19.4. The van der Waals surface area contributed by atoms with Crippen LogP contribution in [0.1, 0.15) is 0 Å². The van der Waals surface area contributed by atoms with E-state index in [0.29, 0.717) is 6.07 Å². The van der Waals surface area contributed by atoms with E-state index in [1.165, 1.54) is 5.01 Å². The van der Waals surface area contributed by atoms with Crippen molar-refractivity contribution in [3.63, 3.8) is 0 Å². The molecule has 0 aliphatic heterocycles. The van der Waals surface area contributed by atoms with Crippen molar-refractivity contribution in [2.24, 2.45) is 0 Å². The fourth-order valence-corrected chi connectivity index (χ4v) is 0.0518. The highest BCUT2D eigenvalue weighted by molar-refractivity contribution is 4.94. The van der Waals surface area contributed by atoms with Gasteiger partial charge in [-0.2, -0.15) is 13.2 Å². The number of rotatable bonds is 0. The summed E-state index contributed by atoms with van der Waals surface area (Å²) in [4.78, 5) is 0. The van der Waals surface area contributed by atoms with Gasteiger partial charge in [-0.25, -0.2) is 0 Å². The standard InChI is InChI=1S/C2F3NO/c3-2(4,5)1-6-7. The topological polar surface area (TPSA) is 27.4 Å². The number of halogens is 3. The Hall–Kier alpha value is -0.920. The summed E-state index contributed by atoms with van der Waals surface area (Å²) in [6.45, 7) is 0. The van der Waals surface area contributed by atoms with E-state index in [2.05, 4.69) is 0 Å². The normalized spacial score (nSPS) is 9.57. The molecule has 0 unspecified atom stereocenters. The Labute approximate surface area is 37.0 Å². The van der Waals surface area contributed by atoms with Gasteiger partial charge in [0.05, 0.1) is 0 Å². The number of hydrogen-bond donors (Lipinski definition) is 0. The molecule has 0 radical (unpaired) electrons. The fraction of sp³-hybridized carbons (Fsp3) is 0.500. The van der Waals surface area contributed by atoms with Gasteiger partial charge in [-0.05, 0) is 0 Å². The molecule has 0 aromatic rings. The van der Waals surface area contributed by atoms with Crippen molar-refractivity contribution < 1.29 is 13.2 Å². The maximum atomic E-state index is 10.7. The maximum absolute atomic E-state index is 10.7. The molecule has 0 aromatic carbocycles. The molecule has 0 saturated carbocycles. The van der Waals surface area contributed by atoms with Crippen LogP contribution < -0.4 is 0 Å². The van der Waals surface area contributed by atoms with Gasteiger partial charge >= 0.3 is 12.2 Å². The molecule has 0 rings (SSSR count). The Balaban J connectivity index is 3.72. The number of nitrogens with zero attached hydrogens (tertiary/aromatic N) is 1. The van der Waals surface area contributed by atoms with Crippen molar-refractivity contribution in [1.29, 1.82) is 0 Å². The average molecular weight is 111 g/mol. The molecular formula is C2F3NO. The van der Waals surface area contributed by atoms with Gasteiger partial charge in [-0.1, -0.05) is 0 Å². The summed E-state index contributed by atoms with van der Waals surface area (Å²) in [7, 11) is 0. The third kappa shape index (κ3) is 5.08. The second kappa shape index (κ2) is 1.69. The van der Waals surface area contributed by atoms with E-state index in [1.807, 2.05) is 0 Å². The smallest absolute Gasteiger partial charge is 0.498 e. The van der Waals surface area contributed by atoms with Gasteiger partial charge in [0.1, 0.15) is 0 Å². The van der Waals surface area contributed by atoms with Crippen molar-refractivity contribution >= 4 is 0 Å². The first-order chi connectivity index (χ1) is 3.06. The Morgan fingerprint density at radius 1 is 1.43 bits per heavy atom. The van der Waals surface area contributed by atoms with E-state index in [4.69, 9.17) is 5.21 Å². The summed E-state index contributed by atoms with van der Waals surface area (Å²) in [6.07, 6.45) is -4.68. The van der Waals surface area contributed by atoms with E-state index in [-0.39, 0.29) is 0 Å². The molecule has 0 aliphatic carbocycles. The maximum Gasteiger partial charge on any atom is 0.532 e. The van der Waals surface area contributed by atoms with Gasteiger partial charge < -0.3 is 5.21 Å². The van der Waals surface area contributed by atoms with Crippen LogP contribution in [0.15, 0.2) is 0 Å². The lowest BCUT2D eigenvalue weighted by Gasteiger charge is -1.81. The van der Waals surface area contributed by atoms with Gasteiger partial charge in [-0.3, -0.25) is 0 Å². The average Bonchev–Trinajstić information content (AvgIpc) is 1.30. The van der Waals surface area contributed by atoms with Gasteiger partial charge in [0, 0.05) is 5.01 Å². The van der Waals surface area contributed by atoms with Gasteiger partial charge in [-0.15, -0.1) is 0 Å². The van der Waals surface area contributed by atoms with Crippen LogP contribution in [0, 0.1) is 11.3 Å². The lowest BCUT2D eigenvalue weighted by atomic mass is 10.8. The molecule has 0 bridgehead atoms. The van der Waals surface area contributed by atoms with Crippen molar-refractivity contribution in [2.45, 2.75) is 6.18 Å². The Morgan fingerprint density at radius 3 is 1.86 bits per heavy atom. The Bertz CT molecular complexity index is 106. The first-order valence-corrected chi connectivity index (χ1v) is 1.22. The van der Waals surface area contributed by atoms with E-state index < -0.39 is 6.18 Å². The molecule has 2 nitrogen and oxygen atoms in total. The van der Waals surface area contributed by atoms with Crippen LogP contribution in [-0.2, 0) is 0 Å². The highest BCUT2D eigenvalue weighted by Crippen LogP contribution is 2.11. The van der Waals surface area contributed by atoms with E-state index in [9.17, 15) is 13.2 Å². The molecule has 0 aliphatic rings. The molecule has 0 atom stereocenters. The quantitative estimate of drug-likeness (QED) is 0.434. The van der Waals surface area contributed by atoms with E-state index in [1.54, 1.807) is 0 Å². The molecule has 7 heavy (non-hydrogen) atoms. The minimum Gasteiger partial charge on any atom is -0.498 e. The van der Waals surface area contributed by atoms with E-state index in [0.717, 1.165) is 0 Å². The van der Waals surface area contributed by atoms with Gasteiger partial charge in [0.2, 0.25) is 0 Å². The summed E-state index contributed by atoms with van der Waals surface area (Å²) in [5, 5.41) is 10.1. The second-order valence-electron chi connectivity index (χ2n) is 0.701. The minimum atomic E-state index is -4.68. The molecule has 0 amide bonds. The largest absolute Gasteiger partial charge is 0.532 e. The number of hydrogen-bond acceptors (Lipinski definition) is 1. The highest BCUT2D eigenvalue weighted by Gasteiger charge is 2.32. The third-order valence-electron chi connectivity index (χ3n) is 0.172. The predicted octanol–water partition coefficient (Wildman–Crippen LogP) is 1.38. The van der Waals surface area contributed by atoms with Gasteiger partial charge in [0.25, 0.3) is 0 Å². The first-order valence-electron chi connectivity index (χ1n) is 1.22. The molecule has 40 valence electrons.